The van der Waals surface area contributed by atoms with Crippen LogP contribution in [0.4, 0.5) is 0 Å². The average molecular weight is 384 g/mol. The van der Waals surface area contributed by atoms with Crippen molar-refractivity contribution in [2.45, 2.75) is 36.8 Å². The van der Waals surface area contributed by atoms with Crippen molar-refractivity contribution in [1.29, 1.82) is 0 Å². The van der Waals surface area contributed by atoms with E-state index in [1.54, 1.807) is 12.1 Å². The maximum atomic E-state index is 10.5. The lowest BCUT2D eigenvalue weighted by atomic mass is 9.95. The summed E-state index contributed by atoms with van der Waals surface area (Å²) in [6.45, 7) is 2.82. The number of piperidine rings is 1. The van der Waals surface area contributed by atoms with E-state index < -0.39 is 10.1 Å². The second-order valence-electron chi connectivity index (χ2n) is 5.98. The van der Waals surface area contributed by atoms with E-state index in [9.17, 15) is 13.5 Å². The van der Waals surface area contributed by atoms with E-state index in [0.717, 1.165) is 35.5 Å². The molecule has 5 nitrogen and oxygen atoms in total. The molecule has 2 atom stereocenters. The van der Waals surface area contributed by atoms with Gasteiger partial charge in [0, 0.05) is 5.02 Å². The van der Waals surface area contributed by atoms with Gasteiger partial charge in [0.25, 0.3) is 10.1 Å². The number of rotatable bonds is 2. The van der Waals surface area contributed by atoms with Crippen molar-refractivity contribution >= 4 is 21.7 Å². The molecule has 1 fully saturated rings. The van der Waals surface area contributed by atoms with Crippen molar-refractivity contribution in [3.05, 3.63) is 64.7 Å². The predicted molar refractivity (Wildman–Crippen MR) is 98.4 cm³/mol. The Morgan fingerprint density at radius 2 is 1.68 bits per heavy atom. The van der Waals surface area contributed by atoms with Crippen LogP contribution in [0.15, 0.2) is 53.4 Å². The van der Waals surface area contributed by atoms with Gasteiger partial charge in [-0.1, -0.05) is 41.4 Å². The molecule has 1 heterocycles. The van der Waals surface area contributed by atoms with E-state index in [2.05, 4.69) is 5.32 Å². The third-order valence-electron chi connectivity index (χ3n) is 3.97. The summed E-state index contributed by atoms with van der Waals surface area (Å²) in [7, 11) is -4.02. The Morgan fingerprint density at radius 3 is 2.20 bits per heavy atom. The largest absolute Gasteiger partial charge is 0.391 e. The minimum atomic E-state index is -4.02. The van der Waals surface area contributed by atoms with Crippen LogP contribution in [0.2, 0.25) is 5.02 Å². The van der Waals surface area contributed by atoms with Crippen molar-refractivity contribution < 1.29 is 18.1 Å². The number of hydrogen-bond donors (Lipinski definition) is 3. The van der Waals surface area contributed by atoms with Crippen LogP contribution in [0, 0.1) is 6.92 Å². The highest BCUT2D eigenvalue weighted by atomic mass is 35.5. The standard InChI is InChI=1S/C11H14ClNO.C7H8O3S/c12-9-5-3-8(4-6-9)11-10(14)2-1-7-13-11;1-6-2-4-7(5-3-6)11(8,9)10/h3-6,10-11,13-14H,1-2,7H2;2-5H,1H3,(H,8,9,10). The number of hydrogen-bond acceptors (Lipinski definition) is 4. The number of aliphatic hydroxyl groups is 1. The van der Waals surface area contributed by atoms with Gasteiger partial charge >= 0.3 is 0 Å². The van der Waals surface area contributed by atoms with E-state index in [0.29, 0.717) is 0 Å². The Bertz CT molecular complexity index is 776. The smallest absolute Gasteiger partial charge is 0.294 e. The minimum Gasteiger partial charge on any atom is -0.391 e. The monoisotopic (exact) mass is 383 g/mol. The number of benzene rings is 2. The zero-order chi connectivity index (χ0) is 18.4. The molecule has 3 rings (SSSR count). The molecule has 0 spiro atoms. The molecular formula is C18H22ClNO4S. The number of aryl methyl sites for hydroxylation is 1. The summed E-state index contributed by atoms with van der Waals surface area (Å²) < 4.78 is 29.6. The van der Waals surface area contributed by atoms with Gasteiger partial charge in [-0.05, 0) is 56.1 Å². The van der Waals surface area contributed by atoms with Gasteiger partial charge in [-0.25, -0.2) is 0 Å². The molecule has 0 saturated carbocycles. The molecule has 2 unspecified atom stereocenters. The van der Waals surface area contributed by atoms with E-state index in [1.807, 2.05) is 31.2 Å². The summed E-state index contributed by atoms with van der Waals surface area (Å²) in [5.74, 6) is 0. The van der Waals surface area contributed by atoms with Crippen LogP contribution in [0.25, 0.3) is 0 Å². The van der Waals surface area contributed by atoms with Gasteiger partial charge in [-0.15, -0.1) is 0 Å². The molecule has 0 aliphatic carbocycles. The van der Waals surface area contributed by atoms with Crippen molar-refractivity contribution in [1.82, 2.24) is 5.32 Å². The third-order valence-corrected chi connectivity index (χ3v) is 5.09. The van der Waals surface area contributed by atoms with Crippen LogP contribution in [-0.4, -0.2) is 30.7 Å². The summed E-state index contributed by atoms with van der Waals surface area (Å²) in [6.07, 6.45) is 1.65. The zero-order valence-electron chi connectivity index (χ0n) is 13.9. The normalized spacial score (nSPS) is 20.5. The summed E-state index contributed by atoms with van der Waals surface area (Å²) in [5.41, 5.74) is 2.07. The van der Waals surface area contributed by atoms with Gasteiger partial charge in [-0.2, -0.15) is 8.42 Å². The van der Waals surface area contributed by atoms with E-state index in [-0.39, 0.29) is 17.0 Å². The molecule has 2 aromatic carbocycles. The summed E-state index contributed by atoms with van der Waals surface area (Å²) in [6, 6.07) is 13.7. The van der Waals surface area contributed by atoms with Crippen LogP contribution in [0.1, 0.15) is 30.0 Å². The molecule has 3 N–H and O–H groups in total. The number of nitrogens with one attached hydrogen (secondary N) is 1. The van der Waals surface area contributed by atoms with Crippen LogP contribution in [0.5, 0.6) is 0 Å². The second kappa shape index (κ2) is 8.78. The Hall–Kier alpha value is -1.44. The SMILES string of the molecule is Cc1ccc(S(=O)(=O)O)cc1.OC1CCCNC1c1ccc(Cl)cc1. The Balaban J connectivity index is 0.000000186. The molecule has 1 saturated heterocycles. The Morgan fingerprint density at radius 1 is 1.08 bits per heavy atom. The molecule has 1 aliphatic heterocycles. The van der Waals surface area contributed by atoms with E-state index in [4.69, 9.17) is 16.2 Å². The minimum absolute atomic E-state index is 0.0666. The Kier molecular flexibility index (Phi) is 6.98. The average Bonchev–Trinajstić information content (AvgIpc) is 2.56. The lowest BCUT2D eigenvalue weighted by Crippen LogP contribution is -2.37. The summed E-state index contributed by atoms with van der Waals surface area (Å²) in [4.78, 5) is -0.0666. The first kappa shape index (κ1) is 19.9. The fourth-order valence-corrected chi connectivity index (χ4v) is 3.20. The molecule has 25 heavy (non-hydrogen) atoms. The first-order valence-corrected chi connectivity index (χ1v) is 9.80. The van der Waals surface area contributed by atoms with Gasteiger partial charge in [0.1, 0.15) is 0 Å². The van der Waals surface area contributed by atoms with Crippen molar-refractivity contribution in [2.75, 3.05) is 6.54 Å². The first-order valence-electron chi connectivity index (χ1n) is 7.98. The van der Waals surface area contributed by atoms with Crippen LogP contribution in [-0.2, 0) is 10.1 Å². The molecule has 136 valence electrons. The van der Waals surface area contributed by atoms with Crippen molar-refractivity contribution in [3.63, 3.8) is 0 Å². The van der Waals surface area contributed by atoms with Gasteiger partial charge in [0.2, 0.25) is 0 Å². The number of halogens is 1. The maximum absolute atomic E-state index is 10.5. The molecule has 1 aliphatic rings. The summed E-state index contributed by atoms with van der Waals surface area (Å²) >= 11 is 5.80. The van der Waals surface area contributed by atoms with Gasteiger partial charge in [0.05, 0.1) is 17.0 Å². The fourth-order valence-electron chi connectivity index (χ4n) is 2.59. The third kappa shape index (κ3) is 6.09. The number of aliphatic hydroxyl groups excluding tert-OH is 1. The van der Waals surface area contributed by atoms with Crippen molar-refractivity contribution in [3.8, 4) is 0 Å². The Labute approximate surface area is 153 Å². The molecule has 0 aromatic heterocycles. The quantitative estimate of drug-likeness (QED) is 0.692. The van der Waals surface area contributed by atoms with Gasteiger partial charge < -0.3 is 10.4 Å². The zero-order valence-corrected chi connectivity index (χ0v) is 15.5. The summed E-state index contributed by atoms with van der Waals surface area (Å²) in [5, 5.41) is 13.8. The highest BCUT2D eigenvalue weighted by Crippen LogP contribution is 2.24. The molecule has 0 bridgehead atoms. The van der Waals surface area contributed by atoms with Crippen LogP contribution < -0.4 is 5.32 Å². The topological polar surface area (TPSA) is 86.6 Å². The molecule has 2 aromatic rings. The lowest BCUT2D eigenvalue weighted by molar-refractivity contribution is 0.0965. The highest BCUT2D eigenvalue weighted by Gasteiger charge is 2.23. The van der Waals surface area contributed by atoms with Gasteiger partial charge in [-0.3, -0.25) is 4.55 Å². The van der Waals surface area contributed by atoms with Crippen LogP contribution >= 0.6 is 11.6 Å². The molecular weight excluding hydrogens is 362 g/mol. The second-order valence-corrected chi connectivity index (χ2v) is 7.84. The first-order chi connectivity index (χ1) is 11.8. The van der Waals surface area contributed by atoms with E-state index in [1.165, 1.54) is 12.1 Å². The molecule has 7 heteroatoms. The fraction of sp³-hybridized carbons (Fsp3) is 0.333. The van der Waals surface area contributed by atoms with Crippen LogP contribution in [0.3, 0.4) is 0 Å². The maximum Gasteiger partial charge on any atom is 0.294 e. The molecule has 0 radical (unpaired) electrons. The molecule has 0 amide bonds. The lowest BCUT2D eigenvalue weighted by Gasteiger charge is -2.29. The van der Waals surface area contributed by atoms with Gasteiger partial charge in [0.15, 0.2) is 0 Å². The van der Waals surface area contributed by atoms with Crippen molar-refractivity contribution in [2.24, 2.45) is 0 Å². The predicted octanol–water partition coefficient (Wildman–Crippen LogP) is 3.37. The highest BCUT2D eigenvalue weighted by molar-refractivity contribution is 7.85. The van der Waals surface area contributed by atoms with E-state index >= 15 is 0 Å².